The standard InChI is InChI=1S/C18H18FN5O/c1-13-21-18(24(22-13)15-6-4-14(19)5-7-15)16-3-2-8-20-17(16)23-9-11-25-12-10-23/h2-8H,9-12H2,1H3. The number of nitrogens with zero attached hydrogens (tertiary/aromatic N) is 5. The number of benzene rings is 1. The largest absolute Gasteiger partial charge is 0.378 e. The van der Waals surface area contributed by atoms with Gasteiger partial charge in [0, 0.05) is 19.3 Å². The summed E-state index contributed by atoms with van der Waals surface area (Å²) in [6.07, 6.45) is 1.78. The molecule has 25 heavy (non-hydrogen) atoms. The van der Waals surface area contributed by atoms with Crippen LogP contribution in [0, 0.1) is 12.7 Å². The molecule has 7 heteroatoms. The molecule has 1 aliphatic heterocycles. The normalized spacial score (nSPS) is 14.7. The van der Waals surface area contributed by atoms with Crippen LogP contribution in [0.2, 0.25) is 0 Å². The predicted octanol–water partition coefficient (Wildman–Crippen LogP) is 2.61. The molecule has 1 fully saturated rings. The minimum atomic E-state index is -0.280. The third-order valence-electron chi connectivity index (χ3n) is 4.12. The fraction of sp³-hybridized carbons (Fsp3) is 0.278. The molecule has 1 aliphatic rings. The van der Waals surface area contributed by atoms with Gasteiger partial charge in [0.2, 0.25) is 0 Å². The van der Waals surface area contributed by atoms with Crippen molar-refractivity contribution in [3.05, 3.63) is 54.2 Å². The lowest BCUT2D eigenvalue weighted by atomic mass is 10.2. The van der Waals surface area contributed by atoms with E-state index < -0.39 is 0 Å². The molecule has 3 aromatic rings. The van der Waals surface area contributed by atoms with Crippen LogP contribution in [0.5, 0.6) is 0 Å². The molecule has 0 saturated carbocycles. The lowest BCUT2D eigenvalue weighted by Gasteiger charge is -2.29. The number of aromatic nitrogens is 4. The first kappa shape index (κ1) is 15.7. The molecule has 1 aromatic carbocycles. The summed E-state index contributed by atoms with van der Waals surface area (Å²) in [5.41, 5.74) is 1.66. The van der Waals surface area contributed by atoms with Gasteiger partial charge in [0.15, 0.2) is 5.82 Å². The summed E-state index contributed by atoms with van der Waals surface area (Å²) < 4.78 is 20.4. The zero-order valence-corrected chi connectivity index (χ0v) is 13.9. The zero-order valence-electron chi connectivity index (χ0n) is 13.9. The van der Waals surface area contributed by atoms with Gasteiger partial charge in [-0.05, 0) is 43.3 Å². The van der Waals surface area contributed by atoms with E-state index in [1.165, 1.54) is 12.1 Å². The Morgan fingerprint density at radius 2 is 1.84 bits per heavy atom. The van der Waals surface area contributed by atoms with E-state index in [4.69, 9.17) is 4.74 Å². The van der Waals surface area contributed by atoms with E-state index in [9.17, 15) is 4.39 Å². The van der Waals surface area contributed by atoms with Crippen molar-refractivity contribution in [3.8, 4) is 17.1 Å². The van der Waals surface area contributed by atoms with E-state index in [0.29, 0.717) is 24.9 Å². The average molecular weight is 339 g/mol. The van der Waals surface area contributed by atoms with E-state index in [-0.39, 0.29) is 5.82 Å². The molecule has 6 nitrogen and oxygen atoms in total. The Bertz CT molecular complexity index is 871. The van der Waals surface area contributed by atoms with Gasteiger partial charge in [0.05, 0.1) is 24.5 Å². The molecule has 4 rings (SSSR count). The van der Waals surface area contributed by atoms with Gasteiger partial charge >= 0.3 is 0 Å². The molecule has 0 aliphatic carbocycles. The topological polar surface area (TPSA) is 56.1 Å². The zero-order chi connectivity index (χ0) is 17.2. The van der Waals surface area contributed by atoms with E-state index in [1.54, 1.807) is 23.0 Å². The maximum absolute atomic E-state index is 13.3. The molecule has 1 saturated heterocycles. The van der Waals surface area contributed by atoms with Crippen molar-refractivity contribution < 1.29 is 9.13 Å². The first-order chi connectivity index (χ1) is 12.2. The van der Waals surface area contributed by atoms with E-state index in [1.807, 2.05) is 19.1 Å². The van der Waals surface area contributed by atoms with Gasteiger partial charge in [-0.15, -0.1) is 0 Å². The second-order valence-corrected chi connectivity index (χ2v) is 5.84. The van der Waals surface area contributed by atoms with Crippen molar-refractivity contribution >= 4 is 5.82 Å². The Labute approximate surface area is 144 Å². The SMILES string of the molecule is Cc1nc(-c2cccnc2N2CCOCC2)n(-c2ccc(F)cc2)n1. The number of pyridine rings is 1. The van der Waals surface area contributed by atoms with Crippen LogP contribution in [0.3, 0.4) is 0 Å². The Kier molecular flexibility index (Phi) is 4.15. The molecule has 0 radical (unpaired) electrons. The lowest BCUT2D eigenvalue weighted by Crippen LogP contribution is -2.37. The van der Waals surface area contributed by atoms with Crippen molar-refractivity contribution in [1.82, 2.24) is 19.7 Å². The minimum Gasteiger partial charge on any atom is -0.378 e. The molecule has 3 heterocycles. The van der Waals surface area contributed by atoms with Crippen LogP contribution in [0.1, 0.15) is 5.82 Å². The quantitative estimate of drug-likeness (QED) is 0.734. The number of halogens is 1. The Morgan fingerprint density at radius 1 is 1.08 bits per heavy atom. The molecule has 128 valence electrons. The van der Waals surface area contributed by atoms with Crippen molar-refractivity contribution in [2.45, 2.75) is 6.92 Å². The van der Waals surface area contributed by atoms with Gasteiger partial charge in [-0.2, -0.15) is 5.10 Å². The van der Waals surface area contributed by atoms with Gasteiger partial charge in [-0.25, -0.2) is 19.0 Å². The summed E-state index contributed by atoms with van der Waals surface area (Å²) >= 11 is 0. The summed E-state index contributed by atoms with van der Waals surface area (Å²) in [6.45, 7) is 4.77. The number of rotatable bonds is 3. The van der Waals surface area contributed by atoms with Gasteiger partial charge in [-0.1, -0.05) is 0 Å². The Hall–Kier alpha value is -2.80. The molecule has 0 spiro atoms. The molecular formula is C18H18FN5O. The highest BCUT2D eigenvalue weighted by molar-refractivity contribution is 5.72. The smallest absolute Gasteiger partial charge is 0.167 e. The van der Waals surface area contributed by atoms with Crippen LogP contribution in [0.25, 0.3) is 17.1 Å². The highest BCUT2D eigenvalue weighted by Gasteiger charge is 2.21. The molecule has 0 atom stereocenters. The highest BCUT2D eigenvalue weighted by atomic mass is 19.1. The van der Waals surface area contributed by atoms with Gasteiger partial charge in [0.25, 0.3) is 0 Å². The third kappa shape index (κ3) is 3.10. The number of aryl methyl sites for hydroxylation is 1. The molecule has 0 N–H and O–H groups in total. The highest BCUT2D eigenvalue weighted by Crippen LogP contribution is 2.29. The van der Waals surface area contributed by atoms with Crippen LogP contribution >= 0.6 is 0 Å². The number of hydrogen-bond acceptors (Lipinski definition) is 5. The van der Waals surface area contributed by atoms with Crippen LogP contribution in [0.4, 0.5) is 10.2 Å². The van der Waals surface area contributed by atoms with Crippen LogP contribution < -0.4 is 4.90 Å². The predicted molar refractivity (Wildman–Crippen MR) is 92.3 cm³/mol. The summed E-state index contributed by atoms with van der Waals surface area (Å²) in [6, 6.07) is 10.1. The van der Waals surface area contributed by atoms with Gasteiger partial charge in [-0.3, -0.25) is 0 Å². The fourth-order valence-corrected chi connectivity index (χ4v) is 2.95. The van der Waals surface area contributed by atoms with Crippen molar-refractivity contribution in [1.29, 1.82) is 0 Å². The second-order valence-electron chi connectivity index (χ2n) is 5.84. The first-order valence-corrected chi connectivity index (χ1v) is 8.20. The van der Waals surface area contributed by atoms with Crippen molar-refractivity contribution in [2.75, 3.05) is 31.2 Å². The monoisotopic (exact) mass is 339 g/mol. The maximum atomic E-state index is 13.3. The lowest BCUT2D eigenvalue weighted by molar-refractivity contribution is 0.122. The summed E-state index contributed by atoms with van der Waals surface area (Å²) in [5.74, 6) is 1.92. The molecular weight excluding hydrogens is 321 g/mol. The molecule has 2 aromatic heterocycles. The number of morpholine rings is 1. The number of anilines is 1. The maximum Gasteiger partial charge on any atom is 0.167 e. The summed E-state index contributed by atoms with van der Waals surface area (Å²) in [5, 5.41) is 4.49. The van der Waals surface area contributed by atoms with Crippen LogP contribution in [-0.2, 0) is 4.74 Å². The van der Waals surface area contributed by atoms with Gasteiger partial charge < -0.3 is 9.64 Å². The van der Waals surface area contributed by atoms with Crippen LogP contribution in [0.15, 0.2) is 42.6 Å². The number of ether oxygens (including phenoxy) is 1. The van der Waals surface area contributed by atoms with Crippen LogP contribution in [-0.4, -0.2) is 46.1 Å². The minimum absolute atomic E-state index is 0.280. The van der Waals surface area contributed by atoms with Crippen molar-refractivity contribution in [2.24, 2.45) is 0 Å². The summed E-state index contributed by atoms with van der Waals surface area (Å²) in [4.78, 5) is 11.4. The number of hydrogen-bond donors (Lipinski definition) is 0. The molecule has 0 amide bonds. The third-order valence-corrected chi connectivity index (χ3v) is 4.12. The van der Waals surface area contributed by atoms with E-state index in [2.05, 4.69) is 20.0 Å². The van der Waals surface area contributed by atoms with E-state index in [0.717, 1.165) is 30.2 Å². The molecule has 0 unspecified atom stereocenters. The van der Waals surface area contributed by atoms with E-state index >= 15 is 0 Å². The Balaban J connectivity index is 1.82. The average Bonchev–Trinajstić information content (AvgIpc) is 3.05. The first-order valence-electron chi connectivity index (χ1n) is 8.20. The van der Waals surface area contributed by atoms with Crippen molar-refractivity contribution in [3.63, 3.8) is 0 Å². The van der Waals surface area contributed by atoms with Gasteiger partial charge in [0.1, 0.15) is 17.5 Å². The second kappa shape index (κ2) is 6.60. The fourth-order valence-electron chi connectivity index (χ4n) is 2.95. The molecule has 0 bridgehead atoms. The Morgan fingerprint density at radius 3 is 2.60 bits per heavy atom. The summed E-state index contributed by atoms with van der Waals surface area (Å²) in [7, 11) is 0.